The first-order chi connectivity index (χ1) is 7.13. The molecule has 4 heteroatoms. The zero-order valence-corrected chi connectivity index (χ0v) is 11.1. The molecule has 0 amide bonds. The van der Waals surface area contributed by atoms with Crippen LogP contribution in [0.5, 0.6) is 0 Å². The van der Waals surface area contributed by atoms with Crippen molar-refractivity contribution in [2.75, 3.05) is 6.54 Å². The summed E-state index contributed by atoms with van der Waals surface area (Å²) in [5.74, 6) is 0. The third kappa shape index (κ3) is 4.51. The van der Waals surface area contributed by atoms with Gasteiger partial charge in [0.2, 0.25) is 0 Å². The number of nitrogens with two attached hydrogens (primary N) is 1. The first-order valence-corrected chi connectivity index (χ1v) is 6.18. The molecule has 0 aliphatic rings. The third-order valence-corrected chi connectivity index (χ3v) is 3.10. The Morgan fingerprint density at radius 2 is 2.27 bits per heavy atom. The quantitative estimate of drug-likeness (QED) is 0.875. The second-order valence-electron chi connectivity index (χ2n) is 3.60. The Kier molecular flexibility index (Phi) is 5.61. The van der Waals surface area contributed by atoms with E-state index in [1.165, 1.54) is 0 Å². The van der Waals surface area contributed by atoms with Crippen molar-refractivity contribution in [3.8, 4) is 0 Å². The Morgan fingerprint density at radius 3 is 2.87 bits per heavy atom. The Morgan fingerprint density at radius 1 is 1.53 bits per heavy atom. The summed E-state index contributed by atoms with van der Waals surface area (Å²) in [5, 5.41) is 4.17. The van der Waals surface area contributed by atoms with E-state index in [-0.39, 0.29) is 0 Å². The predicted molar refractivity (Wildman–Crippen MR) is 69.1 cm³/mol. The molecule has 0 heterocycles. The fourth-order valence-corrected chi connectivity index (χ4v) is 2.04. The molecular weight excluding hydrogens is 275 g/mol. The highest BCUT2D eigenvalue weighted by Crippen LogP contribution is 2.21. The molecule has 84 valence electrons. The Bertz CT molecular complexity index is 317. The highest BCUT2D eigenvalue weighted by atomic mass is 79.9. The van der Waals surface area contributed by atoms with Gasteiger partial charge in [0, 0.05) is 22.1 Å². The fraction of sp³-hybridized carbons (Fsp3) is 0.455. The van der Waals surface area contributed by atoms with E-state index in [1.807, 2.05) is 18.2 Å². The normalized spacial score (nSPS) is 12.8. The smallest absolute Gasteiger partial charge is 0.0462 e. The van der Waals surface area contributed by atoms with Crippen LogP contribution in [0.15, 0.2) is 22.7 Å². The Labute approximate surface area is 104 Å². The fourth-order valence-electron chi connectivity index (χ4n) is 1.30. The lowest BCUT2D eigenvalue weighted by Gasteiger charge is -2.13. The van der Waals surface area contributed by atoms with E-state index in [1.54, 1.807) is 0 Å². The lowest BCUT2D eigenvalue weighted by atomic mass is 10.2. The molecule has 15 heavy (non-hydrogen) atoms. The number of rotatable bonds is 5. The SMILES string of the molecule is CC(CCN)NCc1ccc(Br)cc1Cl. The maximum Gasteiger partial charge on any atom is 0.0462 e. The second-order valence-corrected chi connectivity index (χ2v) is 4.92. The minimum Gasteiger partial charge on any atom is -0.330 e. The molecule has 1 unspecified atom stereocenters. The third-order valence-electron chi connectivity index (χ3n) is 2.26. The summed E-state index contributed by atoms with van der Waals surface area (Å²) in [7, 11) is 0. The van der Waals surface area contributed by atoms with Crippen LogP contribution >= 0.6 is 27.5 Å². The van der Waals surface area contributed by atoms with Crippen molar-refractivity contribution in [3.63, 3.8) is 0 Å². The zero-order valence-electron chi connectivity index (χ0n) is 8.76. The largest absolute Gasteiger partial charge is 0.330 e. The van der Waals surface area contributed by atoms with Gasteiger partial charge >= 0.3 is 0 Å². The molecule has 1 atom stereocenters. The molecule has 0 fully saturated rings. The summed E-state index contributed by atoms with van der Waals surface area (Å²) in [6, 6.07) is 6.35. The lowest BCUT2D eigenvalue weighted by molar-refractivity contribution is 0.520. The van der Waals surface area contributed by atoms with E-state index >= 15 is 0 Å². The summed E-state index contributed by atoms with van der Waals surface area (Å²) in [4.78, 5) is 0. The van der Waals surface area contributed by atoms with Gasteiger partial charge in [-0.05, 0) is 37.6 Å². The van der Waals surface area contributed by atoms with Crippen molar-refractivity contribution in [1.29, 1.82) is 0 Å². The van der Waals surface area contributed by atoms with E-state index < -0.39 is 0 Å². The van der Waals surface area contributed by atoms with Gasteiger partial charge in [0.05, 0.1) is 0 Å². The number of nitrogens with one attached hydrogen (secondary N) is 1. The van der Waals surface area contributed by atoms with Crippen LogP contribution in [0.25, 0.3) is 0 Å². The second kappa shape index (κ2) is 6.48. The molecule has 0 aliphatic heterocycles. The van der Waals surface area contributed by atoms with Crippen LogP contribution in [0.4, 0.5) is 0 Å². The lowest BCUT2D eigenvalue weighted by Crippen LogP contribution is -2.27. The minimum atomic E-state index is 0.426. The van der Waals surface area contributed by atoms with E-state index in [2.05, 4.69) is 28.2 Å². The molecule has 0 radical (unpaired) electrons. The van der Waals surface area contributed by atoms with Gasteiger partial charge in [-0.2, -0.15) is 0 Å². The molecule has 2 nitrogen and oxygen atoms in total. The molecule has 3 N–H and O–H groups in total. The molecule has 1 rings (SSSR count). The van der Waals surface area contributed by atoms with E-state index in [0.29, 0.717) is 12.6 Å². The van der Waals surface area contributed by atoms with Gasteiger partial charge < -0.3 is 11.1 Å². The van der Waals surface area contributed by atoms with E-state index in [4.69, 9.17) is 17.3 Å². The van der Waals surface area contributed by atoms with Gasteiger partial charge in [0.25, 0.3) is 0 Å². The van der Waals surface area contributed by atoms with Crippen LogP contribution in [-0.4, -0.2) is 12.6 Å². The van der Waals surface area contributed by atoms with Crippen molar-refractivity contribution < 1.29 is 0 Å². The number of halogens is 2. The molecule has 0 aliphatic carbocycles. The van der Waals surface area contributed by atoms with Gasteiger partial charge in [-0.15, -0.1) is 0 Å². The van der Waals surface area contributed by atoms with Crippen molar-refractivity contribution in [2.45, 2.75) is 25.9 Å². The van der Waals surface area contributed by atoms with Crippen LogP contribution in [0.3, 0.4) is 0 Å². The maximum atomic E-state index is 6.10. The van der Waals surface area contributed by atoms with Crippen LogP contribution in [0.2, 0.25) is 5.02 Å². The Hall–Kier alpha value is -0.0900. The summed E-state index contributed by atoms with van der Waals surface area (Å²) in [5.41, 5.74) is 6.59. The zero-order chi connectivity index (χ0) is 11.3. The summed E-state index contributed by atoms with van der Waals surface area (Å²) in [6.45, 7) is 3.62. The Balaban J connectivity index is 2.50. The number of hydrogen-bond acceptors (Lipinski definition) is 2. The van der Waals surface area contributed by atoms with Crippen LogP contribution in [-0.2, 0) is 6.54 Å². The van der Waals surface area contributed by atoms with Crippen molar-refractivity contribution in [1.82, 2.24) is 5.32 Å². The van der Waals surface area contributed by atoms with Crippen LogP contribution < -0.4 is 11.1 Å². The average molecular weight is 292 g/mol. The molecule has 0 saturated heterocycles. The van der Waals surface area contributed by atoms with Crippen molar-refractivity contribution >= 4 is 27.5 Å². The molecule has 0 bridgehead atoms. The molecule has 1 aromatic carbocycles. The molecule has 1 aromatic rings. The van der Waals surface area contributed by atoms with Gasteiger partial charge in [0.1, 0.15) is 0 Å². The highest BCUT2D eigenvalue weighted by molar-refractivity contribution is 9.10. The highest BCUT2D eigenvalue weighted by Gasteiger charge is 2.03. The van der Waals surface area contributed by atoms with E-state index in [0.717, 1.165) is 28.0 Å². The molecule has 0 aromatic heterocycles. The molecule has 0 spiro atoms. The first-order valence-electron chi connectivity index (χ1n) is 5.01. The summed E-state index contributed by atoms with van der Waals surface area (Å²) >= 11 is 9.48. The van der Waals surface area contributed by atoms with Crippen molar-refractivity contribution in [2.24, 2.45) is 5.73 Å². The van der Waals surface area contributed by atoms with E-state index in [9.17, 15) is 0 Å². The van der Waals surface area contributed by atoms with Gasteiger partial charge in [-0.1, -0.05) is 33.6 Å². The predicted octanol–water partition coefficient (Wildman–Crippen LogP) is 2.93. The number of hydrogen-bond donors (Lipinski definition) is 2. The maximum absolute atomic E-state index is 6.10. The molecular formula is C11H16BrClN2. The standard InChI is InChI=1S/C11H16BrClN2/c1-8(4-5-14)15-7-9-2-3-10(12)6-11(9)13/h2-3,6,8,15H,4-5,7,14H2,1H3. The van der Waals surface area contributed by atoms with Crippen LogP contribution in [0, 0.1) is 0 Å². The first kappa shape index (κ1) is 13.0. The number of benzene rings is 1. The van der Waals surface area contributed by atoms with Gasteiger partial charge in [0.15, 0.2) is 0 Å². The van der Waals surface area contributed by atoms with Crippen molar-refractivity contribution in [3.05, 3.63) is 33.3 Å². The summed E-state index contributed by atoms with van der Waals surface area (Å²) in [6.07, 6.45) is 0.980. The molecule has 0 saturated carbocycles. The van der Waals surface area contributed by atoms with Gasteiger partial charge in [-0.25, -0.2) is 0 Å². The van der Waals surface area contributed by atoms with Gasteiger partial charge in [-0.3, -0.25) is 0 Å². The monoisotopic (exact) mass is 290 g/mol. The van der Waals surface area contributed by atoms with Crippen LogP contribution in [0.1, 0.15) is 18.9 Å². The average Bonchev–Trinajstić information content (AvgIpc) is 2.17. The topological polar surface area (TPSA) is 38.0 Å². The summed E-state index contributed by atoms with van der Waals surface area (Å²) < 4.78 is 1.01. The minimum absolute atomic E-state index is 0.426.